The zero-order valence-electron chi connectivity index (χ0n) is 15.6. The molecule has 1 amide bonds. The number of hydrogen-bond donors (Lipinski definition) is 0. The third-order valence-electron chi connectivity index (χ3n) is 4.42. The van der Waals surface area contributed by atoms with E-state index in [1.54, 1.807) is 18.9 Å². The van der Waals surface area contributed by atoms with E-state index >= 15 is 0 Å². The lowest BCUT2D eigenvalue weighted by molar-refractivity contribution is -0.136. The fraction of sp³-hybridized carbons (Fsp3) is 0.421. The van der Waals surface area contributed by atoms with Crippen LogP contribution in [-0.2, 0) is 9.53 Å². The van der Waals surface area contributed by atoms with Crippen molar-refractivity contribution in [3.8, 4) is 16.9 Å². The molecule has 2 heterocycles. The Labute approximate surface area is 153 Å². The van der Waals surface area contributed by atoms with Crippen molar-refractivity contribution in [3.63, 3.8) is 0 Å². The van der Waals surface area contributed by atoms with Crippen LogP contribution in [0.2, 0.25) is 0 Å². The molecule has 0 N–H and O–H groups in total. The Bertz CT molecular complexity index is 777. The lowest BCUT2D eigenvalue weighted by Gasteiger charge is -2.33. The van der Waals surface area contributed by atoms with Gasteiger partial charge in [0.2, 0.25) is 11.9 Å². The molecule has 1 atom stereocenters. The summed E-state index contributed by atoms with van der Waals surface area (Å²) < 4.78 is 11.2. The van der Waals surface area contributed by atoms with Crippen LogP contribution in [0.15, 0.2) is 30.5 Å². The van der Waals surface area contributed by atoms with Gasteiger partial charge in [0.15, 0.2) is 0 Å². The summed E-state index contributed by atoms with van der Waals surface area (Å²) in [5, 5.41) is 0. The van der Waals surface area contributed by atoms with Crippen molar-refractivity contribution in [3.05, 3.63) is 36.2 Å². The molecule has 26 heavy (non-hydrogen) atoms. The van der Waals surface area contributed by atoms with Gasteiger partial charge in [-0.1, -0.05) is 12.1 Å². The Morgan fingerprint density at radius 2 is 2.04 bits per heavy atom. The quantitative estimate of drug-likeness (QED) is 0.836. The number of carbonyl (C=O) groups excluding carboxylic acids is 1. The maximum absolute atomic E-state index is 11.8. The number of aromatic nitrogens is 2. The monoisotopic (exact) mass is 356 g/mol. The summed E-state index contributed by atoms with van der Waals surface area (Å²) in [6, 6.07) is 7.76. The minimum Gasteiger partial charge on any atom is -0.497 e. The molecule has 1 aromatic heterocycles. The molecular weight excluding hydrogens is 332 g/mol. The van der Waals surface area contributed by atoms with Crippen molar-refractivity contribution in [2.45, 2.75) is 13.0 Å². The van der Waals surface area contributed by atoms with Crippen LogP contribution in [-0.4, -0.2) is 61.7 Å². The molecule has 2 aromatic rings. The Balaban J connectivity index is 2.02. The molecule has 7 nitrogen and oxygen atoms in total. The van der Waals surface area contributed by atoms with E-state index in [4.69, 9.17) is 14.5 Å². The van der Waals surface area contributed by atoms with Crippen LogP contribution < -0.4 is 9.64 Å². The summed E-state index contributed by atoms with van der Waals surface area (Å²) in [6.07, 6.45) is 1.53. The van der Waals surface area contributed by atoms with Gasteiger partial charge >= 0.3 is 0 Å². The second-order valence-electron chi connectivity index (χ2n) is 6.42. The molecule has 138 valence electrons. The molecule has 0 spiro atoms. The van der Waals surface area contributed by atoms with Crippen molar-refractivity contribution in [2.75, 3.05) is 45.8 Å². The highest BCUT2D eigenvalue weighted by Gasteiger charge is 2.27. The first-order chi connectivity index (χ1) is 12.5. The predicted octanol–water partition coefficient (Wildman–Crippen LogP) is 2.14. The molecule has 0 unspecified atom stereocenters. The second kappa shape index (κ2) is 7.70. The highest BCUT2D eigenvalue weighted by molar-refractivity contribution is 5.73. The van der Waals surface area contributed by atoms with Gasteiger partial charge in [0.1, 0.15) is 11.9 Å². The van der Waals surface area contributed by atoms with Gasteiger partial charge in [0.25, 0.3) is 0 Å². The van der Waals surface area contributed by atoms with E-state index in [1.807, 2.05) is 49.5 Å². The van der Waals surface area contributed by atoms with Gasteiger partial charge < -0.3 is 19.3 Å². The van der Waals surface area contributed by atoms with Crippen LogP contribution in [0.5, 0.6) is 5.75 Å². The molecule has 1 aliphatic heterocycles. The van der Waals surface area contributed by atoms with E-state index in [0.29, 0.717) is 25.6 Å². The van der Waals surface area contributed by atoms with E-state index in [9.17, 15) is 4.79 Å². The predicted molar refractivity (Wildman–Crippen MR) is 99.3 cm³/mol. The number of ether oxygens (including phenoxy) is 2. The van der Waals surface area contributed by atoms with Crippen molar-refractivity contribution in [1.29, 1.82) is 0 Å². The van der Waals surface area contributed by atoms with Crippen molar-refractivity contribution in [2.24, 2.45) is 0 Å². The summed E-state index contributed by atoms with van der Waals surface area (Å²) in [5.41, 5.74) is 2.67. The molecule has 0 radical (unpaired) electrons. The zero-order chi connectivity index (χ0) is 18.7. The Morgan fingerprint density at radius 3 is 2.65 bits per heavy atom. The van der Waals surface area contributed by atoms with Crippen LogP contribution in [0.25, 0.3) is 11.1 Å². The van der Waals surface area contributed by atoms with Gasteiger partial charge in [-0.2, -0.15) is 0 Å². The van der Waals surface area contributed by atoms with Gasteiger partial charge in [-0.05, 0) is 17.7 Å². The number of hydrogen-bond acceptors (Lipinski definition) is 6. The second-order valence-corrected chi connectivity index (χ2v) is 6.42. The number of amides is 1. The van der Waals surface area contributed by atoms with Crippen molar-refractivity contribution < 1.29 is 14.3 Å². The van der Waals surface area contributed by atoms with Gasteiger partial charge in [-0.25, -0.2) is 9.97 Å². The molecule has 0 saturated carbocycles. The molecule has 1 fully saturated rings. The highest BCUT2D eigenvalue weighted by Crippen LogP contribution is 2.32. The molecule has 1 saturated heterocycles. The highest BCUT2D eigenvalue weighted by atomic mass is 16.5. The van der Waals surface area contributed by atoms with E-state index in [1.165, 1.54) is 0 Å². The topological polar surface area (TPSA) is 67.8 Å². The van der Waals surface area contributed by atoms with E-state index in [2.05, 4.69) is 4.98 Å². The van der Waals surface area contributed by atoms with Crippen molar-refractivity contribution >= 4 is 11.9 Å². The van der Waals surface area contributed by atoms with E-state index in [-0.39, 0.29) is 12.0 Å². The number of carbonyl (C=O) groups is 1. The number of morpholine rings is 1. The number of anilines is 1. The fourth-order valence-electron chi connectivity index (χ4n) is 2.94. The lowest BCUT2D eigenvalue weighted by Crippen LogP contribution is -2.41. The third kappa shape index (κ3) is 3.77. The molecule has 3 rings (SSSR count). The van der Waals surface area contributed by atoms with Crippen LogP contribution in [0.3, 0.4) is 0 Å². The summed E-state index contributed by atoms with van der Waals surface area (Å²) in [4.78, 5) is 24.6. The molecule has 0 bridgehead atoms. The lowest BCUT2D eigenvalue weighted by atomic mass is 10.0. The van der Waals surface area contributed by atoms with E-state index < -0.39 is 0 Å². The molecular formula is C19H24N4O3. The Morgan fingerprint density at radius 1 is 1.31 bits per heavy atom. The maximum Gasteiger partial charge on any atom is 0.225 e. The summed E-state index contributed by atoms with van der Waals surface area (Å²) >= 11 is 0. The number of methoxy groups -OCH3 is 1. The maximum atomic E-state index is 11.8. The number of rotatable bonds is 4. The Kier molecular flexibility index (Phi) is 5.37. The van der Waals surface area contributed by atoms with E-state index in [0.717, 1.165) is 22.6 Å². The largest absolute Gasteiger partial charge is 0.497 e. The first-order valence-electron chi connectivity index (χ1n) is 8.55. The number of benzene rings is 1. The third-order valence-corrected chi connectivity index (χ3v) is 4.42. The van der Waals surface area contributed by atoms with Gasteiger partial charge in [0, 0.05) is 39.3 Å². The smallest absolute Gasteiger partial charge is 0.225 e. The van der Waals surface area contributed by atoms with Crippen LogP contribution in [0.4, 0.5) is 5.95 Å². The van der Waals surface area contributed by atoms with Gasteiger partial charge in [-0.15, -0.1) is 0 Å². The molecule has 1 aliphatic rings. The first kappa shape index (κ1) is 18.1. The average molecular weight is 356 g/mol. The van der Waals surface area contributed by atoms with Gasteiger partial charge in [0.05, 0.1) is 26.0 Å². The average Bonchev–Trinajstić information content (AvgIpc) is 2.67. The van der Waals surface area contributed by atoms with Crippen LogP contribution >= 0.6 is 0 Å². The zero-order valence-corrected chi connectivity index (χ0v) is 15.6. The van der Waals surface area contributed by atoms with Crippen molar-refractivity contribution in [1.82, 2.24) is 14.9 Å². The molecule has 1 aromatic carbocycles. The number of nitrogens with zero attached hydrogens (tertiary/aromatic N) is 4. The first-order valence-corrected chi connectivity index (χ1v) is 8.55. The summed E-state index contributed by atoms with van der Waals surface area (Å²) in [6.45, 7) is 3.17. The van der Waals surface area contributed by atoms with Crippen LogP contribution in [0, 0.1) is 0 Å². The molecule has 7 heteroatoms. The standard InChI is InChI=1S/C19H24N4O3/c1-13(24)23-9-10-26-17(12-23)18-16(11-20-19(21-18)22(2)3)14-5-7-15(25-4)8-6-14/h5-8,11,17H,9-10,12H2,1-4H3/t17-/m1/s1. The minimum atomic E-state index is -0.286. The molecule has 0 aliphatic carbocycles. The van der Waals surface area contributed by atoms with Crippen LogP contribution in [0.1, 0.15) is 18.7 Å². The summed E-state index contributed by atoms with van der Waals surface area (Å²) in [5.74, 6) is 1.45. The SMILES string of the molecule is COc1ccc(-c2cnc(N(C)C)nc2[C@H]2CN(C(C)=O)CCO2)cc1. The Hall–Kier alpha value is -2.67. The normalized spacial score (nSPS) is 17.1. The summed E-state index contributed by atoms with van der Waals surface area (Å²) in [7, 11) is 5.44. The van der Waals surface area contributed by atoms with Gasteiger partial charge in [-0.3, -0.25) is 4.79 Å². The minimum absolute atomic E-state index is 0.0474. The fourth-order valence-corrected chi connectivity index (χ4v) is 2.94.